The van der Waals surface area contributed by atoms with Crippen molar-refractivity contribution in [2.24, 2.45) is 0 Å². The molecule has 1 fully saturated rings. The average molecular weight is 401 g/mol. The summed E-state index contributed by atoms with van der Waals surface area (Å²) < 4.78 is 28.8. The number of anilines is 1. The van der Waals surface area contributed by atoms with Crippen LogP contribution >= 0.6 is 27.3 Å². The van der Waals surface area contributed by atoms with Crippen LogP contribution in [-0.2, 0) is 10.0 Å². The second-order valence-electron chi connectivity index (χ2n) is 5.68. The summed E-state index contributed by atoms with van der Waals surface area (Å²) in [4.78, 5) is 4.77. The molecule has 0 radical (unpaired) electrons. The number of thiazole rings is 1. The first-order chi connectivity index (χ1) is 10.4. The highest BCUT2D eigenvalue weighted by Gasteiger charge is 2.25. The summed E-state index contributed by atoms with van der Waals surface area (Å²) in [6.45, 7) is 3.60. The molecule has 118 valence electrons. The van der Waals surface area contributed by atoms with Crippen molar-refractivity contribution in [1.82, 2.24) is 4.98 Å². The van der Waals surface area contributed by atoms with Gasteiger partial charge >= 0.3 is 0 Å². The monoisotopic (exact) mass is 400 g/mol. The summed E-state index contributed by atoms with van der Waals surface area (Å²) in [5.41, 5.74) is 2.45. The van der Waals surface area contributed by atoms with Gasteiger partial charge in [0.15, 0.2) is 5.13 Å². The van der Waals surface area contributed by atoms with Gasteiger partial charge in [-0.05, 0) is 49.9 Å². The second-order valence-corrected chi connectivity index (χ2v) is 9.07. The fourth-order valence-electron chi connectivity index (χ4n) is 2.71. The number of rotatable bonds is 4. The Kier molecular flexibility index (Phi) is 4.31. The summed E-state index contributed by atoms with van der Waals surface area (Å²) in [5.74, 6) is 0.505. The molecule has 0 amide bonds. The number of halogens is 1. The molecular formula is C15H17BrN2O2S2. The smallest absolute Gasteiger partial charge is 0.255 e. The zero-order valence-electron chi connectivity index (χ0n) is 12.4. The Labute approximate surface area is 143 Å². The van der Waals surface area contributed by atoms with Gasteiger partial charge in [-0.2, -0.15) is 0 Å². The topological polar surface area (TPSA) is 59.1 Å². The van der Waals surface area contributed by atoms with Crippen molar-refractivity contribution in [3.05, 3.63) is 38.8 Å². The number of hydrogen-bond acceptors (Lipinski definition) is 4. The Morgan fingerprint density at radius 3 is 2.45 bits per heavy atom. The Morgan fingerprint density at radius 1 is 1.27 bits per heavy atom. The first-order valence-electron chi connectivity index (χ1n) is 7.12. The van der Waals surface area contributed by atoms with E-state index in [1.807, 2.05) is 17.5 Å². The van der Waals surface area contributed by atoms with Gasteiger partial charge in [-0.3, -0.25) is 4.72 Å². The van der Waals surface area contributed by atoms with E-state index in [0.29, 0.717) is 15.9 Å². The van der Waals surface area contributed by atoms with Crippen molar-refractivity contribution in [2.75, 3.05) is 4.72 Å². The molecule has 0 bridgehead atoms. The van der Waals surface area contributed by atoms with E-state index in [4.69, 9.17) is 0 Å². The summed E-state index contributed by atoms with van der Waals surface area (Å²) >= 11 is 4.74. The third kappa shape index (κ3) is 3.07. The molecule has 22 heavy (non-hydrogen) atoms. The third-order valence-corrected chi connectivity index (χ3v) is 6.97. The van der Waals surface area contributed by atoms with E-state index in [0.717, 1.165) is 34.1 Å². The molecule has 4 nitrogen and oxygen atoms in total. The van der Waals surface area contributed by atoms with Gasteiger partial charge in [-0.1, -0.05) is 22.4 Å². The van der Waals surface area contributed by atoms with Crippen molar-refractivity contribution in [3.8, 4) is 0 Å². The number of aromatic nitrogens is 1. The molecule has 1 aliphatic carbocycles. The lowest BCUT2D eigenvalue weighted by Gasteiger charge is -2.22. The summed E-state index contributed by atoms with van der Waals surface area (Å²) in [5, 5.41) is 2.41. The average Bonchev–Trinajstić information content (AvgIpc) is 2.71. The normalized spacial score (nSPS) is 15.6. The number of benzene rings is 1. The van der Waals surface area contributed by atoms with E-state index in [9.17, 15) is 8.42 Å². The van der Waals surface area contributed by atoms with Crippen molar-refractivity contribution in [2.45, 2.75) is 43.9 Å². The molecule has 0 aliphatic heterocycles. The lowest BCUT2D eigenvalue weighted by Crippen LogP contribution is -2.16. The van der Waals surface area contributed by atoms with Crippen LogP contribution in [0.15, 0.2) is 26.9 Å². The molecule has 7 heteroatoms. The van der Waals surface area contributed by atoms with Crippen LogP contribution < -0.4 is 4.72 Å². The quantitative estimate of drug-likeness (QED) is 0.815. The van der Waals surface area contributed by atoms with Crippen molar-refractivity contribution >= 4 is 42.4 Å². The van der Waals surface area contributed by atoms with Crippen LogP contribution in [-0.4, -0.2) is 13.4 Å². The highest BCUT2D eigenvalue weighted by molar-refractivity contribution is 9.10. The molecule has 1 saturated carbocycles. The fourth-order valence-corrected chi connectivity index (χ4v) is 5.90. The van der Waals surface area contributed by atoms with Crippen LogP contribution in [0.3, 0.4) is 0 Å². The van der Waals surface area contributed by atoms with Gasteiger partial charge in [-0.25, -0.2) is 13.4 Å². The molecule has 3 rings (SSSR count). The van der Waals surface area contributed by atoms with Crippen LogP contribution in [0.5, 0.6) is 0 Å². The number of sulfonamides is 1. The minimum absolute atomic E-state index is 0.330. The van der Waals surface area contributed by atoms with Crippen LogP contribution in [0, 0.1) is 13.8 Å². The first-order valence-corrected chi connectivity index (χ1v) is 10.3. The van der Waals surface area contributed by atoms with E-state index in [2.05, 4.69) is 25.6 Å². The lowest BCUT2D eigenvalue weighted by atomic mass is 9.83. The largest absolute Gasteiger partial charge is 0.264 e. The molecule has 1 heterocycles. The Morgan fingerprint density at radius 2 is 1.91 bits per heavy atom. The number of hydrogen-bond donors (Lipinski definition) is 1. The van der Waals surface area contributed by atoms with Gasteiger partial charge in [0, 0.05) is 15.8 Å². The molecule has 0 unspecified atom stereocenters. The maximum Gasteiger partial charge on any atom is 0.264 e. The zero-order valence-corrected chi connectivity index (χ0v) is 15.6. The van der Waals surface area contributed by atoms with Gasteiger partial charge in [0.05, 0.1) is 10.6 Å². The number of nitrogens with one attached hydrogen (secondary N) is 1. The van der Waals surface area contributed by atoms with Crippen LogP contribution in [0.2, 0.25) is 0 Å². The first kappa shape index (κ1) is 16.0. The van der Waals surface area contributed by atoms with Gasteiger partial charge in [0.1, 0.15) is 0 Å². The fraction of sp³-hybridized carbons (Fsp3) is 0.400. The van der Waals surface area contributed by atoms with Crippen molar-refractivity contribution < 1.29 is 8.42 Å². The van der Waals surface area contributed by atoms with E-state index >= 15 is 0 Å². The maximum atomic E-state index is 12.7. The summed E-state index contributed by atoms with van der Waals surface area (Å²) in [6.07, 6.45) is 3.54. The summed E-state index contributed by atoms with van der Waals surface area (Å²) in [7, 11) is -3.62. The standard InChI is InChI=1S/C15H17BrN2O2S2/c1-9-6-12(16)7-10(2)14(9)22(19,20)18-15-17-13(8-21-15)11-4-3-5-11/h6-8,11H,3-5H2,1-2H3,(H,17,18). The lowest BCUT2D eigenvalue weighted by molar-refractivity contribution is 0.413. The molecular weight excluding hydrogens is 384 g/mol. The van der Waals surface area contributed by atoms with Gasteiger partial charge in [-0.15, -0.1) is 11.3 Å². The van der Waals surface area contributed by atoms with E-state index in [1.165, 1.54) is 17.8 Å². The molecule has 1 N–H and O–H groups in total. The van der Waals surface area contributed by atoms with Crippen LogP contribution in [0.4, 0.5) is 5.13 Å². The predicted molar refractivity (Wildman–Crippen MR) is 93.1 cm³/mol. The van der Waals surface area contributed by atoms with Crippen LogP contribution in [0.25, 0.3) is 0 Å². The maximum absolute atomic E-state index is 12.7. The van der Waals surface area contributed by atoms with Gasteiger partial charge in [0.25, 0.3) is 10.0 Å². The molecule has 1 aliphatic rings. The molecule has 1 aromatic carbocycles. The van der Waals surface area contributed by atoms with Gasteiger partial charge < -0.3 is 0 Å². The molecule has 0 saturated heterocycles. The minimum Gasteiger partial charge on any atom is -0.255 e. The zero-order chi connectivity index (χ0) is 15.9. The van der Waals surface area contributed by atoms with Crippen molar-refractivity contribution in [1.29, 1.82) is 0 Å². The third-order valence-electron chi connectivity index (χ3n) is 3.96. The van der Waals surface area contributed by atoms with E-state index < -0.39 is 10.0 Å². The Hall–Kier alpha value is -0.920. The SMILES string of the molecule is Cc1cc(Br)cc(C)c1S(=O)(=O)Nc1nc(C2CCC2)cs1. The molecule has 2 aromatic rings. The number of nitrogens with zero attached hydrogens (tertiary/aromatic N) is 1. The summed E-state index contributed by atoms with van der Waals surface area (Å²) in [6, 6.07) is 3.62. The van der Waals surface area contributed by atoms with Gasteiger partial charge in [0.2, 0.25) is 0 Å². The molecule has 0 atom stereocenters. The van der Waals surface area contributed by atoms with E-state index in [1.54, 1.807) is 13.8 Å². The number of aryl methyl sites for hydroxylation is 2. The molecule has 1 aromatic heterocycles. The Bertz CT molecular complexity index is 788. The van der Waals surface area contributed by atoms with Crippen molar-refractivity contribution in [3.63, 3.8) is 0 Å². The molecule has 0 spiro atoms. The van der Waals surface area contributed by atoms with Crippen LogP contribution in [0.1, 0.15) is 42.0 Å². The highest BCUT2D eigenvalue weighted by Crippen LogP contribution is 2.38. The Balaban J connectivity index is 1.89. The highest BCUT2D eigenvalue weighted by atomic mass is 79.9. The predicted octanol–water partition coefficient (Wildman–Crippen LogP) is 4.59. The minimum atomic E-state index is -3.62. The van der Waals surface area contributed by atoms with E-state index in [-0.39, 0.29) is 0 Å². The second kappa shape index (κ2) is 5.94.